The second kappa shape index (κ2) is 11.3. The lowest BCUT2D eigenvalue weighted by atomic mass is 10.1. The third-order valence-electron chi connectivity index (χ3n) is 3.12. The van der Waals surface area contributed by atoms with Gasteiger partial charge in [0.15, 0.2) is 0 Å². The average Bonchev–Trinajstić information content (AvgIpc) is 2.52. The molecule has 0 rings (SSSR count). The molecular formula is C13H22N4O7S. The maximum atomic E-state index is 12.1. The van der Waals surface area contributed by atoms with Gasteiger partial charge in [0.05, 0.1) is 6.04 Å². The lowest BCUT2D eigenvalue weighted by Gasteiger charge is -2.21. The van der Waals surface area contributed by atoms with E-state index >= 15 is 0 Å². The highest BCUT2D eigenvalue weighted by molar-refractivity contribution is 7.80. The van der Waals surface area contributed by atoms with E-state index in [0.29, 0.717) is 0 Å². The van der Waals surface area contributed by atoms with Crippen molar-refractivity contribution in [3.63, 3.8) is 0 Å². The smallest absolute Gasteiger partial charge is 0.326 e. The van der Waals surface area contributed by atoms with E-state index in [1.165, 1.54) is 0 Å². The van der Waals surface area contributed by atoms with E-state index in [1.807, 2.05) is 0 Å². The van der Waals surface area contributed by atoms with Gasteiger partial charge in [-0.25, -0.2) is 4.79 Å². The quantitative estimate of drug-likeness (QED) is 0.179. The van der Waals surface area contributed by atoms with E-state index in [1.54, 1.807) is 0 Å². The summed E-state index contributed by atoms with van der Waals surface area (Å²) in [5.74, 6) is -4.96. The van der Waals surface area contributed by atoms with Crippen molar-refractivity contribution in [2.24, 2.45) is 11.5 Å². The monoisotopic (exact) mass is 378 g/mol. The normalized spacial score (nSPS) is 14.0. The summed E-state index contributed by atoms with van der Waals surface area (Å²) in [5, 5.41) is 22.0. The van der Waals surface area contributed by atoms with Crippen LogP contribution in [0.25, 0.3) is 0 Å². The molecule has 142 valence electrons. The molecule has 0 radical (unpaired) electrons. The largest absolute Gasteiger partial charge is 0.481 e. The van der Waals surface area contributed by atoms with Crippen LogP contribution >= 0.6 is 12.6 Å². The van der Waals surface area contributed by atoms with Gasteiger partial charge in [0.25, 0.3) is 0 Å². The molecule has 0 fully saturated rings. The van der Waals surface area contributed by atoms with Gasteiger partial charge in [0.2, 0.25) is 17.7 Å². The Labute approximate surface area is 148 Å². The molecule has 0 saturated heterocycles. The highest BCUT2D eigenvalue weighted by Crippen LogP contribution is 2.01. The van der Waals surface area contributed by atoms with Crippen LogP contribution in [-0.2, 0) is 24.0 Å². The number of nitrogens with one attached hydrogen (secondary N) is 2. The van der Waals surface area contributed by atoms with Gasteiger partial charge in [-0.2, -0.15) is 12.6 Å². The summed E-state index contributed by atoms with van der Waals surface area (Å²) >= 11 is 3.91. The lowest BCUT2D eigenvalue weighted by molar-refractivity contribution is -0.143. The van der Waals surface area contributed by atoms with E-state index in [-0.39, 0.29) is 25.0 Å². The zero-order valence-electron chi connectivity index (χ0n) is 13.3. The molecule has 0 aromatic carbocycles. The van der Waals surface area contributed by atoms with Crippen LogP contribution in [0.5, 0.6) is 0 Å². The second-order valence-corrected chi connectivity index (χ2v) is 5.55. The first-order valence-corrected chi connectivity index (χ1v) is 7.91. The zero-order chi connectivity index (χ0) is 19.6. The average molecular weight is 378 g/mol. The Morgan fingerprint density at radius 1 is 0.920 bits per heavy atom. The highest BCUT2D eigenvalue weighted by atomic mass is 32.1. The molecule has 0 unspecified atom stereocenters. The molecule has 0 aliphatic heterocycles. The summed E-state index contributed by atoms with van der Waals surface area (Å²) < 4.78 is 0. The number of amides is 3. The van der Waals surface area contributed by atoms with Crippen molar-refractivity contribution in [2.75, 3.05) is 5.75 Å². The third kappa shape index (κ3) is 9.52. The van der Waals surface area contributed by atoms with E-state index in [0.717, 1.165) is 0 Å². The van der Waals surface area contributed by atoms with Crippen LogP contribution in [0.4, 0.5) is 0 Å². The molecule has 0 heterocycles. The van der Waals surface area contributed by atoms with Crippen molar-refractivity contribution in [1.82, 2.24) is 10.6 Å². The SMILES string of the molecule is NC(=O)CC[C@H](N)C(=O)N[C@@H](CS)C(=O)N[C@@H](CCC(=O)O)C(=O)O. The van der Waals surface area contributed by atoms with Crippen LogP contribution in [0, 0.1) is 0 Å². The lowest BCUT2D eigenvalue weighted by Crippen LogP contribution is -2.55. The van der Waals surface area contributed by atoms with Crippen molar-refractivity contribution in [3.05, 3.63) is 0 Å². The molecule has 11 nitrogen and oxygen atoms in total. The van der Waals surface area contributed by atoms with Gasteiger partial charge in [-0.15, -0.1) is 0 Å². The Morgan fingerprint density at radius 2 is 1.48 bits per heavy atom. The number of thiol groups is 1. The Morgan fingerprint density at radius 3 is 1.92 bits per heavy atom. The topological polar surface area (TPSA) is 202 Å². The van der Waals surface area contributed by atoms with Crippen LogP contribution in [0.2, 0.25) is 0 Å². The molecule has 3 atom stereocenters. The van der Waals surface area contributed by atoms with Crippen LogP contribution in [0.3, 0.4) is 0 Å². The Balaban J connectivity index is 4.71. The fourth-order valence-electron chi connectivity index (χ4n) is 1.70. The molecular weight excluding hydrogens is 356 g/mol. The maximum Gasteiger partial charge on any atom is 0.326 e. The molecule has 0 aliphatic carbocycles. The van der Waals surface area contributed by atoms with E-state index in [4.69, 9.17) is 21.7 Å². The minimum absolute atomic E-state index is 0.0154. The van der Waals surface area contributed by atoms with Crippen LogP contribution in [0.15, 0.2) is 0 Å². The number of carbonyl (C=O) groups is 5. The molecule has 0 aliphatic rings. The molecule has 8 N–H and O–H groups in total. The number of hydrogen-bond donors (Lipinski definition) is 7. The number of primary amides is 1. The molecule has 0 saturated carbocycles. The first-order valence-electron chi connectivity index (χ1n) is 7.28. The molecule has 0 spiro atoms. The van der Waals surface area contributed by atoms with Gasteiger partial charge in [0.1, 0.15) is 12.1 Å². The number of carbonyl (C=O) groups excluding carboxylic acids is 3. The number of aliphatic carboxylic acids is 2. The number of rotatable bonds is 12. The van der Waals surface area contributed by atoms with Gasteiger partial charge in [0, 0.05) is 18.6 Å². The molecule has 3 amide bonds. The molecule has 25 heavy (non-hydrogen) atoms. The Bertz CT molecular complexity index is 529. The number of carboxylic acids is 2. The first kappa shape index (κ1) is 22.7. The molecule has 0 bridgehead atoms. The van der Waals surface area contributed by atoms with Crippen LogP contribution < -0.4 is 22.1 Å². The minimum Gasteiger partial charge on any atom is -0.481 e. The van der Waals surface area contributed by atoms with Crippen molar-refractivity contribution in [2.45, 2.75) is 43.8 Å². The standard InChI is InChI=1S/C13H22N4O7S/c14-6(1-3-9(15)18)11(21)17-8(5-25)12(22)16-7(13(23)24)2-4-10(19)20/h6-8,25H,1-5,14H2,(H2,15,18)(H,16,22)(H,17,21)(H,19,20)(H,23,24)/t6-,7-,8-/m0/s1. The molecule has 0 aromatic heterocycles. The van der Waals surface area contributed by atoms with Crippen molar-refractivity contribution >= 4 is 42.3 Å². The van der Waals surface area contributed by atoms with E-state index < -0.39 is 54.2 Å². The summed E-state index contributed by atoms with van der Waals surface area (Å²) in [4.78, 5) is 56.2. The molecule has 12 heteroatoms. The minimum atomic E-state index is -1.42. The predicted molar refractivity (Wildman–Crippen MR) is 88.6 cm³/mol. The van der Waals surface area contributed by atoms with Crippen molar-refractivity contribution in [3.8, 4) is 0 Å². The van der Waals surface area contributed by atoms with Gasteiger partial charge in [-0.3, -0.25) is 19.2 Å². The fraction of sp³-hybridized carbons (Fsp3) is 0.615. The summed E-state index contributed by atoms with van der Waals surface area (Å²) in [7, 11) is 0. The first-order chi connectivity index (χ1) is 11.6. The van der Waals surface area contributed by atoms with Crippen LogP contribution in [0.1, 0.15) is 25.7 Å². The number of nitrogens with two attached hydrogens (primary N) is 2. The third-order valence-corrected chi connectivity index (χ3v) is 3.48. The second-order valence-electron chi connectivity index (χ2n) is 5.19. The number of hydrogen-bond acceptors (Lipinski definition) is 7. The molecule has 0 aromatic rings. The number of carboxylic acid groups (broad SMARTS) is 2. The highest BCUT2D eigenvalue weighted by Gasteiger charge is 2.27. The van der Waals surface area contributed by atoms with Gasteiger partial charge in [-0.05, 0) is 12.8 Å². The zero-order valence-corrected chi connectivity index (χ0v) is 14.2. The maximum absolute atomic E-state index is 12.1. The van der Waals surface area contributed by atoms with Gasteiger partial charge in [-0.1, -0.05) is 0 Å². The fourth-order valence-corrected chi connectivity index (χ4v) is 1.96. The summed E-state index contributed by atoms with van der Waals surface area (Å²) in [6.07, 6.45) is -0.893. The van der Waals surface area contributed by atoms with Crippen molar-refractivity contribution in [1.29, 1.82) is 0 Å². The van der Waals surface area contributed by atoms with Crippen molar-refractivity contribution < 1.29 is 34.2 Å². The Hall–Kier alpha value is -2.34. The van der Waals surface area contributed by atoms with Crippen LogP contribution in [-0.4, -0.2) is 63.8 Å². The summed E-state index contributed by atoms with van der Waals surface area (Å²) in [6, 6.07) is -3.68. The van der Waals surface area contributed by atoms with Gasteiger partial charge < -0.3 is 32.3 Å². The van der Waals surface area contributed by atoms with E-state index in [9.17, 15) is 24.0 Å². The summed E-state index contributed by atoms with van der Waals surface area (Å²) in [6.45, 7) is 0. The summed E-state index contributed by atoms with van der Waals surface area (Å²) in [5.41, 5.74) is 10.5. The predicted octanol–water partition coefficient (Wildman–Crippen LogP) is -2.57. The van der Waals surface area contributed by atoms with Gasteiger partial charge >= 0.3 is 11.9 Å². The Kier molecular flexibility index (Phi) is 10.2. The van der Waals surface area contributed by atoms with E-state index in [2.05, 4.69) is 23.3 Å².